The molecule has 33 heavy (non-hydrogen) atoms. The van der Waals surface area contributed by atoms with Crippen molar-refractivity contribution in [2.45, 2.75) is 40.7 Å². The average Bonchev–Trinajstić information content (AvgIpc) is 3.17. The minimum absolute atomic E-state index is 0.235. The average molecular weight is 474 g/mol. The summed E-state index contributed by atoms with van der Waals surface area (Å²) in [5.74, 6) is -0.765. The lowest BCUT2D eigenvalue weighted by atomic mass is 10.0. The van der Waals surface area contributed by atoms with Gasteiger partial charge in [-0.15, -0.1) is 11.3 Å². The predicted octanol–water partition coefficient (Wildman–Crippen LogP) is 4.54. The fourth-order valence-electron chi connectivity index (χ4n) is 3.87. The molecular weight excluding hydrogens is 442 g/mol. The first-order valence-corrected chi connectivity index (χ1v) is 12.1. The number of thiophene rings is 1. The number of carbonyl (C=O) groups is 3. The summed E-state index contributed by atoms with van der Waals surface area (Å²) in [6.45, 7) is 10.8. The SMILES string of the molecule is CCOC(=O)c1c(NC(=O)c2ccc(N(CC)CC)cc2)sc2c1CCN(C(=O)OCC)C2. The summed E-state index contributed by atoms with van der Waals surface area (Å²) in [6, 6.07) is 7.40. The lowest BCUT2D eigenvalue weighted by Crippen LogP contribution is -2.36. The highest BCUT2D eigenvalue weighted by Gasteiger charge is 2.31. The summed E-state index contributed by atoms with van der Waals surface area (Å²) in [5.41, 5.74) is 2.76. The summed E-state index contributed by atoms with van der Waals surface area (Å²) in [5, 5.41) is 3.35. The zero-order chi connectivity index (χ0) is 24.0. The quantitative estimate of drug-likeness (QED) is 0.567. The van der Waals surface area contributed by atoms with Crippen LogP contribution in [0.3, 0.4) is 0 Å². The van der Waals surface area contributed by atoms with E-state index < -0.39 is 5.97 Å². The highest BCUT2D eigenvalue weighted by molar-refractivity contribution is 7.17. The van der Waals surface area contributed by atoms with Gasteiger partial charge in [0.05, 0.1) is 25.3 Å². The largest absolute Gasteiger partial charge is 0.462 e. The number of amides is 2. The van der Waals surface area contributed by atoms with E-state index >= 15 is 0 Å². The van der Waals surface area contributed by atoms with E-state index in [1.165, 1.54) is 11.3 Å². The van der Waals surface area contributed by atoms with Crippen molar-refractivity contribution >= 4 is 40.0 Å². The zero-order valence-electron chi connectivity index (χ0n) is 19.6. The molecule has 3 rings (SSSR count). The lowest BCUT2D eigenvalue weighted by Gasteiger charge is -2.26. The summed E-state index contributed by atoms with van der Waals surface area (Å²) < 4.78 is 10.4. The number of fused-ring (bicyclic) bond motifs is 1. The second-order valence-electron chi connectivity index (χ2n) is 7.47. The Morgan fingerprint density at radius 1 is 1.03 bits per heavy atom. The van der Waals surface area contributed by atoms with E-state index in [2.05, 4.69) is 24.1 Å². The van der Waals surface area contributed by atoms with Crippen molar-refractivity contribution in [1.29, 1.82) is 0 Å². The zero-order valence-corrected chi connectivity index (χ0v) is 20.4. The molecule has 178 valence electrons. The second kappa shape index (κ2) is 11.2. The number of nitrogens with one attached hydrogen (secondary N) is 1. The fraction of sp³-hybridized carbons (Fsp3) is 0.458. The summed E-state index contributed by atoms with van der Waals surface area (Å²) in [6.07, 6.45) is 0.112. The Morgan fingerprint density at radius 2 is 1.70 bits per heavy atom. The fourth-order valence-corrected chi connectivity index (χ4v) is 5.12. The van der Waals surface area contributed by atoms with Gasteiger partial charge in [0, 0.05) is 35.8 Å². The molecule has 8 nitrogen and oxygen atoms in total. The van der Waals surface area contributed by atoms with Crippen LogP contribution < -0.4 is 10.2 Å². The van der Waals surface area contributed by atoms with Crippen molar-refractivity contribution in [2.24, 2.45) is 0 Å². The number of carbonyl (C=O) groups excluding carboxylic acids is 3. The number of benzene rings is 1. The second-order valence-corrected chi connectivity index (χ2v) is 8.58. The maximum absolute atomic E-state index is 13.0. The maximum Gasteiger partial charge on any atom is 0.410 e. The molecule has 0 fully saturated rings. The first-order chi connectivity index (χ1) is 15.9. The van der Waals surface area contributed by atoms with E-state index in [1.54, 1.807) is 30.9 Å². The van der Waals surface area contributed by atoms with Crippen molar-refractivity contribution in [2.75, 3.05) is 43.1 Å². The molecule has 1 aliphatic rings. The van der Waals surface area contributed by atoms with Crippen LogP contribution in [0.15, 0.2) is 24.3 Å². The smallest absolute Gasteiger partial charge is 0.410 e. The molecule has 1 aromatic carbocycles. The molecule has 0 aliphatic carbocycles. The Bertz CT molecular complexity index is 998. The van der Waals surface area contributed by atoms with Gasteiger partial charge in [0.2, 0.25) is 0 Å². The number of nitrogens with zero attached hydrogens (tertiary/aromatic N) is 2. The van der Waals surface area contributed by atoms with Gasteiger partial charge in [0.15, 0.2) is 0 Å². The minimum atomic E-state index is -0.466. The molecule has 1 aliphatic heterocycles. The van der Waals surface area contributed by atoms with Crippen LogP contribution in [-0.4, -0.2) is 55.7 Å². The first-order valence-electron chi connectivity index (χ1n) is 11.3. The van der Waals surface area contributed by atoms with Crippen LogP contribution in [0.4, 0.5) is 15.5 Å². The number of anilines is 2. The van der Waals surface area contributed by atoms with E-state index in [9.17, 15) is 14.4 Å². The van der Waals surface area contributed by atoms with Crippen molar-refractivity contribution in [3.63, 3.8) is 0 Å². The third kappa shape index (κ3) is 5.47. The minimum Gasteiger partial charge on any atom is -0.462 e. The maximum atomic E-state index is 13.0. The van der Waals surface area contributed by atoms with Gasteiger partial charge < -0.3 is 24.6 Å². The molecule has 9 heteroatoms. The topological polar surface area (TPSA) is 88.2 Å². The third-order valence-corrected chi connectivity index (χ3v) is 6.68. The third-order valence-electron chi connectivity index (χ3n) is 5.55. The molecule has 0 spiro atoms. The molecule has 0 saturated carbocycles. The Kier molecular flexibility index (Phi) is 8.32. The molecule has 0 atom stereocenters. The van der Waals surface area contributed by atoms with Gasteiger partial charge in [-0.25, -0.2) is 9.59 Å². The predicted molar refractivity (Wildman–Crippen MR) is 129 cm³/mol. The highest BCUT2D eigenvalue weighted by atomic mass is 32.1. The molecule has 0 radical (unpaired) electrons. The van der Waals surface area contributed by atoms with Crippen molar-refractivity contribution in [1.82, 2.24) is 4.90 Å². The highest BCUT2D eigenvalue weighted by Crippen LogP contribution is 2.38. The Labute approximate surface area is 198 Å². The van der Waals surface area contributed by atoms with Crippen molar-refractivity contribution < 1.29 is 23.9 Å². The Hall–Kier alpha value is -3.07. The van der Waals surface area contributed by atoms with Crippen LogP contribution in [0.1, 0.15) is 58.9 Å². The summed E-state index contributed by atoms with van der Waals surface area (Å²) in [7, 11) is 0. The van der Waals surface area contributed by atoms with Gasteiger partial charge >= 0.3 is 12.1 Å². The van der Waals surface area contributed by atoms with Crippen LogP contribution in [0, 0.1) is 0 Å². The van der Waals surface area contributed by atoms with Gasteiger partial charge in [-0.2, -0.15) is 0 Å². The van der Waals surface area contributed by atoms with E-state index in [1.807, 2.05) is 12.1 Å². The Morgan fingerprint density at radius 3 is 2.30 bits per heavy atom. The van der Waals surface area contributed by atoms with Crippen LogP contribution >= 0.6 is 11.3 Å². The van der Waals surface area contributed by atoms with E-state index in [-0.39, 0.29) is 18.6 Å². The molecule has 1 N–H and O–H groups in total. The monoisotopic (exact) mass is 473 g/mol. The van der Waals surface area contributed by atoms with Gasteiger partial charge in [0.1, 0.15) is 5.00 Å². The first kappa shape index (κ1) is 24.6. The van der Waals surface area contributed by atoms with Gasteiger partial charge in [0.25, 0.3) is 5.91 Å². The van der Waals surface area contributed by atoms with Gasteiger partial charge in [-0.1, -0.05) is 0 Å². The van der Waals surface area contributed by atoms with Crippen LogP contribution in [0.5, 0.6) is 0 Å². The molecular formula is C24H31N3O5S. The standard InChI is InChI=1S/C24H31N3O5S/c1-5-26(6-2)17-11-9-16(10-12-17)21(28)25-22-20(23(29)31-7-3)18-13-14-27(15-19(18)33-22)24(30)32-8-4/h9-12H,5-8,13-15H2,1-4H3,(H,25,28). The molecule has 1 aromatic heterocycles. The van der Waals surface area contributed by atoms with Crippen molar-refractivity contribution in [3.05, 3.63) is 45.8 Å². The molecule has 2 amide bonds. The van der Waals surface area contributed by atoms with Crippen molar-refractivity contribution in [3.8, 4) is 0 Å². The molecule has 0 bridgehead atoms. The molecule has 0 unspecified atom stereocenters. The number of esters is 1. The molecule has 2 aromatic rings. The van der Waals surface area contributed by atoms with Crippen LogP contribution in [0.25, 0.3) is 0 Å². The molecule has 2 heterocycles. The van der Waals surface area contributed by atoms with Gasteiger partial charge in [-0.3, -0.25) is 4.79 Å². The summed E-state index contributed by atoms with van der Waals surface area (Å²) in [4.78, 5) is 42.5. The van der Waals surface area contributed by atoms with E-state index in [0.29, 0.717) is 42.2 Å². The number of hydrogen-bond acceptors (Lipinski definition) is 7. The van der Waals surface area contributed by atoms with Gasteiger partial charge in [-0.05, 0) is 63.9 Å². The van der Waals surface area contributed by atoms with Crippen LogP contribution in [0.2, 0.25) is 0 Å². The number of rotatable bonds is 8. The van der Waals surface area contributed by atoms with Crippen LogP contribution in [-0.2, 0) is 22.4 Å². The van der Waals surface area contributed by atoms with E-state index in [4.69, 9.17) is 9.47 Å². The summed E-state index contributed by atoms with van der Waals surface area (Å²) >= 11 is 1.30. The number of ether oxygens (including phenoxy) is 2. The molecule has 0 saturated heterocycles. The number of hydrogen-bond donors (Lipinski definition) is 1. The Balaban J connectivity index is 1.85. The van der Waals surface area contributed by atoms with E-state index in [0.717, 1.165) is 29.2 Å². The lowest BCUT2D eigenvalue weighted by molar-refractivity contribution is 0.0526. The normalized spacial score (nSPS) is 12.7.